The first-order chi connectivity index (χ1) is 16.2. The lowest BCUT2D eigenvalue weighted by Crippen LogP contribution is -2.42. The Hall–Kier alpha value is -3.20. The van der Waals surface area contributed by atoms with Crippen molar-refractivity contribution in [1.82, 2.24) is 25.4 Å². The second kappa shape index (κ2) is 8.54. The van der Waals surface area contributed by atoms with Crippen LogP contribution in [0.4, 0.5) is 14.7 Å². The molecule has 2 aliphatic rings. The molecule has 1 fully saturated rings. The Morgan fingerprint density at radius 1 is 1.18 bits per heavy atom. The van der Waals surface area contributed by atoms with Crippen molar-refractivity contribution in [3.63, 3.8) is 0 Å². The number of aryl methyl sites for hydroxylation is 2. The van der Waals surface area contributed by atoms with E-state index in [9.17, 15) is 8.78 Å². The fourth-order valence-corrected chi connectivity index (χ4v) is 4.85. The van der Waals surface area contributed by atoms with Crippen molar-refractivity contribution in [2.75, 3.05) is 18.4 Å². The Morgan fingerprint density at radius 3 is 2.71 bits per heavy atom. The molecular weight excluding hydrogens is 438 g/mol. The van der Waals surface area contributed by atoms with Gasteiger partial charge >= 0.3 is 0 Å². The average Bonchev–Trinajstić information content (AvgIpc) is 3.35. The van der Waals surface area contributed by atoms with Gasteiger partial charge in [-0.15, -0.1) is 0 Å². The van der Waals surface area contributed by atoms with Gasteiger partial charge in [0.1, 0.15) is 5.76 Å². The molecule has 9 heteroatoms. The average molecular weight is 467 g/mol. The normalized spacial score (nSPS) is 20.2. The third-order valence-electron chi connectivity index (χ3n) is 6.47. The van der Waals surface area contributed by atoms with E-state index in [0.717, 1.165) is 54.6 Å². The highest BCUT2D eigenvalue weighted by Crippen LogP contribution is 2.39. The smallest absolute Gasteiger partial charge is 0.274 e. The van der Waals surface area contributed by atoms with Crippen LogP contribution < -0.4 is 10.6 Å². The molecule has 1 saturated heterocycles. The molecule has 1 aliphatic heterocycles. The summed E-state index contributed by atoms with van der Waals surface area (Å²) in [6.45, 7) is 8.54. The van der Waals surface area contributed by atoms with Crippen molar-refractivity contribution >= 4 is 11.5 Å². The minimum Gasteiger partial charge on any atom is -0.361 e. The summed E-state index contributed by atoms with van der Waals surface area (Å²) in [5.74, 6) is -1.50. The number of nitrogens with zero attached hydrogens (tertiary/aromatic N) is 4. The minimum absolute atomic E-state index is 0.147. The largest absolute Gasteiger partial charge is 0.361 e. The molecule has 1 aliphatic carbocycles. The summed E-state index contributed by atoms with van der Waals surface area (Å²) in [5, 5.41) is 10.7. The van der Waals surface area contributed by atoms with E-state index in [1.165, 1.54) is 6.20 Å². The molecule has 178 valence electrons. The van der Waals surface area contributed by atoms with Crippen molar-refractivity contribution in [1.29, 1.82) is 0 Å². The number of pyridine rings is 1. The van der Waals surface area contributed by atoms with E-state index in [2.05, 4.69) is 32.7 Å². The van der Waals surface area contributed by atoms with Crippen molar-refractivity contribution in [3.05, 3.63) is 58.4 Å². The zero-order valence-electron chi connectivity index (χ0n) is 19.7. The molecule has 2 N–H and O–H groups in total. The lowest BCUT2D eigenvalue weighted by Gasteiger charge is -2.28. The minimum atomic E-state index is -3.08. The molecule has 5 rings (SSSR count). The summed E-state index contributed by atoms with van der Waals surface area (Å²) in [6.07, 6.45) is 4.67. The number of fused-ring (bicyclic) bond motifs is 1. The monoisotopic (exact) mass is 466 g/mol. The Bertz CT molecular complexity index is 1240. The number of rotatable bonds is 5. The lowest BCUT2D eigenvalue weighted by atomic mass is 9.97. The Labute approximate surface area is 197 Å². The van der Waals surface area contributed by atoms with Crippen molar-refractivity contribution < 1.29 is 13.3 Å². The quantitative estimate of drug-likeness (QED) is 0.566. The first kappa shape index (κ1) is 22.6. The Balaban J connectivity index is 1.51. The van der Waals surface area contributed by atoms with Gasteiger partial charge in [-0.1, -0.05) is 24.2 Å². The van der Waals surface area contributed by atoms with E-state index in [-0.39, 0.29) is 17.3 Å². The summed E-state index contributed by atoms with van der Waals surface area (Å²) in [4.78, 5) is 13.6. The molecule has 2 atom stereocenters. The highest BCUT2D eigenvalue weighted by molar-refractivity contribution is 5.85. The maximum absolute atomic E-state index is 14.6. The zero-order valence-corrected chi connectivity index (χ0v) is 19.7. The molecule has 0 aromatic carbocycles. The number of hydrogen-bond donors (Lipinski definition) is 2. The van der Waals surface area contributed by atoms with Crippen molar-refractivity contribution in [3.8, 4) is 11.3 Å². The van der Waals surface area contributed by atoms with Crippen LogP contribution in [0.2, 0.25) is 0 Å². The molecule has 0 saturated carbocycles. The predicted molar refractivity (Wildman–Crippen MR) is 126 cm³/mol. The molecule has 3 aromatic rings. The van der Waals surface area contributed by atoms with Crippen molar-refractivity contribution in [2.24, 2.45) is 5.92 Å². The molecule has 0 spiro atoms. The van der Waals surface area contributed by atoms with Gasteiger partial charge in [-0.3, -0.25) is 4.98 Å². The molecule has 0 radical (unpaired) electrons. The molecule has 34 heavy (non-hydrogen) atoms. The third kappa shape index (κ3) is 4.20. The summed E-state index contributed by atoms with van der Waals surface area (Å²) < 4.78 is 34.4. The van der Waals surface area contributed by atoms with Crippen LogP contribution in [-0.2, 0) is 12.3 Å². The van der Waals surface area contributed by atoms with E-state index >= 15 is 0 Å². The summed E-state index contributed by atoms with van der Waals surface area (Å²) in [6, 6.07) is 3.94. The maximum Gasteiger partial charge on any atom is 0.274 e. The van der Waals surface area contributed by atoms with Gasteiger partial charge in [-0.25, -0.2) is 18.7 Å². The number of nitrogens with one attached hydrogen (secondary N) is 2. The first-order valence-corrected chi connectivity index (χ1v) is 11.6. The molecule has 4 heterocycles. The van der Waals surface area contributed by atoms with Gasteiger partial charge < -0.3 is 15.2 Å². The third-order valence-corrected chi connectivity index (χ3v) is 6.47. The molecule has 0 unspecified atom stereocenters. The van der Waals surface area contributed by atoms with Crippen LogP contribution in [0, 0.1) is 19.8 Å². The van der Waals surface area contributed by atoms with E-state index in [1.807, 2.05) is 32.1 Å². The number of halogens is 2. The lowest BCUT2D eigenvalue weighted by molar-refractivity contribution is 0.0165. The molecule has 0 amide bonds. The number of aromatic nitrogens is 4. The number of alkyl halides is 2. The molecule has 3 aromatic heterocycles. The second-order valence-electron chi connectivity index (χ2n) is 9.40. The van der Waals surface area contributed by atoms with Crippen LogP contribution in [0.1, 0.15) is 54.2 Å². The van der Waals surface area contributed by atoms with E-state index < -0.39 is 5.92 Å². The summed E-state index contributed by atoms with van der Waals surface area (Å²) in [7, 11) is 0. The van der Waals surface area contributed by atoms with Gasteiger partial charge in [0.05, 0.1) is 33.9 Å². The van der Waals surface area contributed by atoms with Gasteiger partial charge in [-0.2, -0.15) is 0 Å². The van der Waals surface area contributed by atoms with E-state index in [1.54, 1.807) is 0 Å². The van der Waals surface area contributed by atoms with E-state index in [0.29, 0.717) is 29.6 Å². The molecular formula is C25H28F2N6O. The number of allylic oxidation sites excluding steroid dienone is 1. The fraction of sp³-hybridized carbons (Fsp3) is 0.440. The molecule has 7 nitrogen and oxygen atoms in total. The fourth-order valence-electron chi connectivity index (χ4n) is 4.85. The van der Waals surface area contributed by atoms with Crippen LogP contribution in [-0.4, -0.2) is 39.2 Å². The number of anilines is 1. The van der Waals surface area contributed by atoms with Crippen LogP contribution in [0.25, 0.3) is 16.8 Å². The molecule has 0 bridgehead atoms. The Kier molecular flexibility index (Phi) is 5.67. The van der Waals surface area contributed by atoms with Gasteiger partial charge in [0.2, 0.25) is 5.95 Å². The summed E-state index contributed by atoms with van der Waals surface area (Å²) in [5.41, 5.74) is 4.71. The predicted octanol–water partition coefficient (Wildman–Crippen LogP) is 4.65. The highest BCUT2D eigenvalue weighted by atomic mass is 19.3. The van der Waals surface area contributed by atoms with Crippen LogP contribution in [0.5, 0.6) is 0 Å². The van der Waals surface area contributed by atoms with Gasteiger partial charge in [0.15, 0.2) is 0 Å². The van der Waals surface area contributed by atoms with Gasteiger partial charge in [-0.05, 0) is 38.8 Å². The zero-order chi connectivity index (χ0) is 24.0. The van der Waals surface area contributed by atoms with Crippen molar-refractivity contribution in [2.45, 2.75) is 52.5 Å². The Morgan fingerprint density at radius 2 is 2.00 bits per heavy atom. The highest BCUT2D eigenvalue weighted by Gasteiger charge is 2.33. The topological polar surface area (TPSA) is 88.8 Å². The van der Waals surface area contributed by atoms with Crippen LogP contribution in [0.3, 0.4) is 0 Å². The van der Waals surface area contributed by atoms with Gasteiger partial charge in [0, 0.05) is 43.3 Å². The van der Waals surface area contributed by atoms with Gasteiger partial charge in [0.25, 0.3) is 5.92 Å². The SMILES string of the molecule is Cc1noc(C)c1-c1ccc2c(n1)CC=C2c1nc(N[C@@H]2CNC[C@H](C)C2)ncc1C(C)(F)F. The second-order valence-corrected chi connectivity index (χ2v) is 9.40. The maximum atomic E-state index is 14.6. The van der Waals surface area contributed by atoms with Crippen LogP contribution in [0.15, 0.2) is 28.9 Å². The summed E-state index contributed by atoms with van der Waals surface area (Å²) >= 11 is 0. The van der Waals surface area contributed by atoms with E-state index in [4.69, 9.17) is 9.51 Å². The number of piperidine rings is 1. The first-order valence-electron chi connectivity index (χ1n) is 11.6. The van der Waals surface area contributed by atoms with Crippen LogP contribution >= 0.6 is 0 Å². The number of hydrogen-bond acceptors (Lipinski definition) is 7. The standard InChI is InChI=1S/C25H28F2N6O/c1-13-9-16(11-28-10-13)30-24-29-12-19(25(4,26)27)23(32-24)18-6-7-20-17(18)5-8-21(31-20)22-14(2)33-34-15(22)3/h5-6,8,12-13,16,28H,7,9-11H2,1-4H3,(H,29,30,32)/t13-,16+/m1/s1.